The first-order valence-corrected chi connectivity index (χ1v) is 13.9. The number of halogens is 5. The van der Waals surface area contributed by atoms with Gasteiger partial charge in [-0.25, -0.2) is 14.1 Å². The molecule has 1 N–H and O–H groups in total. The van der Waals surface area contributed by atoms with Crippen LogP contribution in [0.5, 0.6) is 0 Å². The number of benzene rings is 1. The summed E-state index contributed by atoms with van der Waals surface area (Å²) >= 11 is 12.1. The molecule has 0 saturated carbocycles. The number of hydrogen-bond acceptors (Lipinski definition) is 4. The summed E-state index contributed by atoms with van der Waals surface area (Å²) in [5, 5.41) is 3.68. The van der Waals surface area contributed by atoms with E-state index in [0.29, 0.717) is 19.1 Å². The summed E-state index contributed by atoms with van der Waals surface area (Å²) in [5.74, 6) is 0.253. The van der Waals surface area contributed by atoms with E-state index in [9.17, 15) is 13.2 Å². The third-order valence-electron chi connectivity index (χ3n) is 8.15. The van der Waals surface area contributed by atoms with Crippen molar-refractivity contribution in [3.05, 3.63) is 81.5 Å². The quantitative estimate of drug-likeness (QED) is 0.407. The van der Waals surface area contributed by atoms with Crippen LogP contribution in [0.3, 0.4) is 0 Å². The van der Waals surface area contributed by atoms with Crippen LogP contribution in [0.1, 0.15) is 29.3 Å². The van der Waals surface area contributed by atoms with E-state index >= 15 is 0 Å². The summed E-state index contributed by atoms with van der Waals surface area (Å²) in [5.41, 5.74) is 4.31. The molecule has 4 heterocycles. The fraction of sp³-hybridized carbons (Fsp3) is 0.429. The van der Waals surface area contributed by atoms with Gasteiger partial charge in [-0.1, -0.05) is 29.3 Å². The number of nitrogens with one attached hydrogen (secondary N) is 1. The summed E-state index contributed by atoms with van der Waals surface area (Å²) in [6.45, 7) is 4.85. The summed E-state index contributed by atoms with van der Waals surface area (Å²) in [7, 11) is 1.77. The number of likely N-dealkylation sites (N-methyl/N-ethyl adjacent to an activating group) is 1. The molecule has 1 unspecified atom stereocenters. The highest BCUT2D eigenvalue weighted by Gasteiger charge is 2.37. The lowest BCUT2D eigenvalue weighted by Crippen LogP contribution is -2.52. The van der Waals surface area contributed by atoms with Crippen molar-refractivity contribution >= 4 is 34.6 Å². The van der Waals surface area contributed by atoms with Crippen LogP contribution in [0.4, 0.5) is 19.0 Å². The highest BCUT2D eigenvalue weighted by Crippen LogP contribution is 2.42. The molecule has 3 aliphatic rings. The van der Waals surface area contributed by atoms with Crippen LogP contribution in [-0.4, -0.2) is 60.3 Å². The van der Waals surface area contributed by atoms with Crippen LogP contribution < -0.4 is 14.8 Å². The highest BCUT2D eigenvalue weighted by molar-refractivity contribution is 6.31. The Morgan fingerprint density at radius 1 is 1.18 bits per heavy atom. The largest absolute Gasteiger partial charge is 0.434 e. The molecule has 3 aromatic rings. The van der Waals surface area contributed by atoms with Crippen LogP contribution in [-0.2, 0) is 19.1 Å². The maximum Gasteiger partial charge on any atom is 0.434 e. The normalized spacial score (nSPS) is 19.7. The van der Waals surface area contributed by atoms with Crippen LogP contribution >= 0.6 is 23.2 Å². The van der Waals surface area contributed by atoms with Gasteiger partial charge in [0.05, 0.1) is 11.1 Å². The number of hydrogen-bond donors (Lipinski definition) is 1. The Morgan fingerprint density at radius 2 is 2.00 bits per heavy atom. The third kappa shape index (κ3) is 5.29. The number of aromatic nitrogens is 3. The zero-order valence-corrected chi connectivity index (χ0v) is 23.1. The summed E-state index contributed by atoms with van der Waals surface area (Å²) in [6.07, 6.45) is 3.65. The van der Waals surface area contributed by atoms with E-state index in [2.05, 4.69) is 55.2 Å². The molecule has 2 aromatic heterocycles. The molecule has 1 saturated heterocycles. The van der Waals surface area contributed by atoms with Gasteiger partial charge in [0.2, 0.25) is 6.33 Å². The molecular formula is C28H30Cl2F3N6+. The van der Waals surface area contributed by atoms with Crippen molar-refractivity contribution in [1.29, 1.82) is 0 Å². The fourth-order valence-electron chi connectivity index (χ4n) is 5.86. The average molecular weight is 578 g/mol. The average Bonchev–Trinajstić information content (AvgIpc) is 3.46. The van der Waals surface area contributed by atoms with Gasteiger partial charge in [0.15, 0.2) is 5.69 Å². The Kier molecular flexibility index (Phi) is 7.12. The van der Waals surface area contributed by atoms with Crippen LogP contribution in [0.15, 0.2) is 54.6 Å². The zero-order valence-electron chi connectivity index (χ0n) is 21.6. The maximum absolute atomic E-state index is 13.4. The monoisotopic (exact) mass is 577 g/mol. The van der Waals surface area contributed by atoms with Crippen molar-refractivity contribution < 1.29 is 17.7 Å². The Bertz CT molecular complexity index is 1410. The second kappa shape index (κ2) is 10.4. The lowest BCUT2D eigenvalue weighted by atomic mass is 9.92. The molecular weight excluding hydrogens is 548 g/mol. The first-order valence-electron chi connectivity index (χ1n) is 13.1. The van der Waals surface area contributed by atoms with Gasteiger partial charge in [-0.3, -0.25) is 4.90 Å². The van der Waals surface area contributed by atoms with Gasteiger partial charge in [-0.15, -0.1) is 0 Å². The van der Waals surface area contributed by atoms with E-state index in [0.717, 1.165) is 44.0 Å². The van der Waals surface area contributed by atoms with E-state index in [1.807, 2.05) is 6.07 Å². The van der Waals surface area contributed by atoms with Crippen LogP contribution in [0, 0.1) is 0 Å². The first-order chi connectivity index (χ1) is 18.7. The summed E-state index contributed by atoms with van der Waals surface area (Å²) < 4.78 is 44.6. The minimum Gasteiger partial charge on any atom is -0.358 e. The van der Waals surface area contributed by atoms with Gasteiger partial charge in [0.1, 0.15) is 30.8 Å². The second-order valence-corrected chi connectivity index (χ2v) is 11.4. The second-order valence-electron chi connectivity index (χ2n) is 10.6. The van der Waals surface area contributed by atoms with Crippen LogP contribution in [0.2, 0.25) is 10.0 Å². The molecule has 1 aromatic carbocycles. The molecule has 206 valence electrons. The number of fused-ring (bicyclic) bond motifs is 2. The predicted octanol–water partition coefficient (Wildman–Crippen LogP) is 4.86. The van der Waals surface area contributed by atoms with E-state index in [1.165, 1.54) is 34.4 Å². The van der Waals surface area contributed by atoms with E-state index < -0.39 is 16.9 Å². The minimum absolute atomic E-state index is 0.164. The number of imidazole rings is 1. The topological polar surface area (TPSA) is 40.2 Å². The van der Waals surface area contributed by atoms with Gasteiger partial charge in [0.25, 0.3) is 0 Å². The fourth-order valence-corrected chi connectivity index (χ4v) is 6.25. The maximum atomic E-state index is 13.4. The number of rotatable bonds is 7. The molecule has 6 nitrogen and oxygen atoms in total. The van der Waals surface area contributed by atoms with Gasteiger partial charge < -0.3 is 10.2 Å². The molecule has 1 aliphatic carbocycles. The van der Waals surface area contributed by atoms with Gasteiger partial charge in [0, 0.05) is 44.8 Å². The number of nitrogens with zero attached hydrogens (tertiary/aromatic N) is 5. The van der Waals surface area contributed by atoms with Crippen molar-refractivity contribution in [3.8, 4) is 0 Å². The minimum atomic E-state index is -4.60. The molecule has 1 atom stereocenters. The van der Waals surface area contributed by atoms with Gasteiger partial charge in [-0.2, -0.15) is 13.2 Å². The molecule has 0 radical (unpaired) electrons. The molecule has 0 amide bonds. The smallest absolute Gasteiger partial charge is 0.358 e. The Hall–Kier alpha value is -2.59. The Balaban J connectivity index is 1.23. The number of anilines is 1. The third-order valence-corrected chi connectivity index (χ3v) is 8.69. The van der Waals surface area contributed by atoms with E-state index in [1.54, 1.807) is 11.9 Å². The molecule has 0 spiro atoms. The van der Waals surface area contributed by atoms with Crippen molar-refractivity contribution in [2.75, 3.05) is 44.7 Å². The lowest BCUT2D eigenvalue weighted by molar-refractivity contribution is -0.700. The number of pyridine rings is 1. The molecule has 39 heavy (non-hydrogen) atoms. The Labute approximate surface area is 235 Å². The van der Waals surface area contributed by atoms with Gasteiger partial charge in [-0.05, 0) is 59.4 Å². The SMILES string of the molecule is CN(CCN1CCC2=C(Cc3ccc(Cl)cc32)C1C[n+]1ccn(C2CNC2)c1)c1ccc(Cl)c(C(F)(F)F)n1. The molecule has 2 aliphatic heterocycles. The van der Waals surface area contributed by atoms with E-state index in [-0.39, 0.29) is 11.9 Å². The lowest BCUT2D eigenvalue weighted by Gasteiger charge is -2.37. The molecule has 6 rings (SSSR count). The first kappa shape index (κ1) is 26.6. The molecule has 11 heteroatoms. The van der Waals surface area contributed by atoms with Crippen molar-refractivity contribution in [2.45, 2.75) is 37.6 Å². The van der Waals surface area contributed by atoms with Crippen molar-refractivity contribution in [1.82, 2.24) is 19.8 Å². The van der Waals surface area contributed by atoms with E-state index in [4.69, 9.17) is 23.2 Å². The predicted molar refractivity (Wildman–Crippen MR) is 146 cm³/mol. The zero-order chi connectivity index (χ0) is 27.3. The Morgan fingerprint density at radius 3 is 2.74 bits per heavy atom. The standard InChI is InChI=1S/C28H30Cl2F3N6/c1-36(26-5-4-24(30)27(35-26)28(31,32)33)8-10-38-7-6-21-22-13-19(29)3-2-18(22)12-23(21)25(38)16-37-9-11-39(17-37)20-14-34-15-20/h2-5,9,11,13,17,20,25,34H,6-8,10,12,14-16H2,1H3/q+1. The number of alkyl halides is 3. The van der Waals surface area contributed by atoms with Gasteiger partial charge >= 0.3 is 6.18 Å². The summed E-state index contributed by atoms with van der Waals surface area (Å²) in [6, 6.07) is 9.62. The molecule has 0 bridgehead atoms. The van der Waals surface area contributed by atoms with Crippen LogP contribution in [0.25, 0.3) is 5.57 Å². The van der Waals surface area contributed by atoms with Crippen molar-refractivity contribution in [3.63, 3.8) is 0 Å². The summed E-state index contributed by atoms with van der Waals surface area (Å²) in [4.78, 5) is 8.06. The molecule has 1 fully saturated rings. The highest BCUT2D eigenvalue weighted by atomic mass is 35.5. The van der Waals surface area contributed by atoms with Crippen molar-refractivity contribution in [2.24, 2.45) is 0 Å².